The first-order valence-corrected chi connectivity index (χ1v) is 9.68. The van der Waals surface area contributed by atoms with E-state index in [1.807, 2.05) is 32.9 Å². The highest BCUT2D eigenvalue weighted by molar-refractivity contribution is 7.89. The molecule has 1 atom stereocenters. The molecule has 2 N–H and O–H groups in total. The summed E-state index contributed by atoms with van der Waals surface area (Å²) in [6.07, 6.45) is 0.739. The first-order valence-electron chi connectivity index (χ1n) is 8.20. The van der Waals surface area contributed by atoms with E-state index in [1.165, 1.54) is 30.3 Å². The number of sulfonamides is 1. The Labute approximate surface area is 149 Å². The fraction of sp³-hybridized carbons (Fsp3) is 0.316. The molecule has 2 aromatic carbocycles. The van der Waals surface area contributed by atoms with Crippen LogP contribution in [0, 0.1) is 13.8 Å². The van der Waals surface area contributed by atoms with Crippen LogP contribution in [-0.4, -0.2) is 21.4 Å². The van der Waals surface area contributed by atoms with E-state index in [2.05, 4.69) is 16.1 Å². The van der Waals surface area contributed by atoms with Gasteiger partial charge in [-0.2, -0.15) is 0 Å². The van der Waals surface area contributed by atoms with Crippen LogP contribution in [0.4, 0.5) is 0 Å². The Bertz CT molecular complexity index is 876. The van der Waals surface area contributed by atoms with Gasteiger partial charge in [0.25, 0.3) is 5.91 Å². The van der Waals surface area contributed by atoms with Gasteiger partial charge in [0.05, 0.1) is 10.9 Å². The molecule has 1 amide bonds. The molecule has 0 aliphatic carbocycles. The van der Waals surface area contributed by atoms with Crippen LogP contribution in [0.3, 0.4) is 0 Å². The predicted molar refractivity (Wildman–Crippen MR) is 99.1 cm³/mol. The van der Waals surface area contributed by atoms with Gasteiger partial charge in [-0.15, -0.1) is 0 Å². The van der Waals surface area contributed by atoms with Crippen LogP contribution in [0.1, 0.15) is 46.4 Å². The predicted octanol–water partition coefficient (Wildman–Crippen LogP) is 3.09. The average Bonchev–Trinajstić information content (AvgIpc) is 2.62. The summed E-state index contributed by atoms with van der Waals surface area (Å²) in [7, 11) is -2.24. The second kappa shape index (κ2) is 7.80. The number of aryl methyl sites for hydroxylation is 2. The van der Waals surface area contributed by atoms with Gasteiger partial charge in [-0.3, -0.25) is 4.79 Å². The number of carbonyl (C=O) groups is 1. The number of rotatable bonds is 6. The van der Waals surface area contributed by atoms with Gasteiger partial charge in [-0.05, 0) is 62.2 Å². The zero-order valence-electron chi connectivity index (χ0n) is 15.0. The lowest BCUT2D eigenvalue weighted by molar-refractivity contribution is 0.0935. The molecule has 0 saturated heterocycles. The molecule has 0 aromatic heterocycles. The lowest BCUT2D eigenvalue weighted by Gasteiger charge is -2.19. The minimum absolute atomic E-state index is 0.0712. The Hall–Kier alpha value is -2.18. The van der Waals surface area contributed by atoms with E-state index in [4.69, 9.17) is 0 Å². The maximum atomic E-state index is 12.6. The van der Waals surface area contributed by atoms with Gasteiger partial charge in [-0.1, -0.05) is 31.2 Å². The first kappa shape index (κ1) is 19.1. The van der Waals surface area contributed by atoms with E-state index in [0.717, 1.165) is 12.0 Å². The van der Waals surface area contributed by atoms with E-state index in [0.29, 0.717) is 5.56 Å². The van der Waals surface area contributed by atoms with Crippen molar-refractivity contribution < 1.29 is 13.2 Å². The normalized spacial score (nSPS) is 12.6. The van der Waals surface area contributed by atoms with Crippen molar-refractivity contribution in [2.75, 3.05) is 7.05 Å². The number of carbonyl (C=O) groups excluding carboxylic acids is 1. The molecule has 5 nitrogen and oxygen atoms in total. The first-order chi connectivity index (χ1) is 11.8. The van der Waals surface area contributed by atoms with Gasteiger partial charge in [0.1, 0.15) is 0 Å². The van der Waals surface area contributed by atoms with Crippen molar-refractivity contribution in [2.45, 2.75) is 38.1 Å². The monoisotopic (exact) mass is 360 g/mol. The molecule has 0 aliphatic rings. The number of nitrogens with one attached hydrogen (secondary N) is 2. The van der Waals surface area contributed by atoms with Gasteiger partial charge in [0.15, 0.2) is 0 Å². The summed E-state index contributed by atoms with van der Waals surface area (Å²) in [5, 5.41) is 2.99. The van der Waals surface area contributed by atoms with Crippen molar-refractivity contribution in [3.05, 3.63) is 64.7 Å². The summed E-state index contributed by atoms with van der Waals surface area (Å²) in [4.78, 5) is 12.7. The van der Waals surface area contributed by atoms with Crippen LogP contribution in [0.2, 0.25) is 0 Å². The zero-order valence-corrected chi connectivity index (χ0v) is 15.8. The minimum atomic E-state index is -3.58. The SMILES string of the molecule is CCC(NC(=O)c1cccc(S(=O)(=O)NC)c1)c1ccc(C)c(C)c1. The molecule has 0 radical (unpaired) electrons. The van der Waals surface area contributed by atoms with Crippen LogP contribution in [0.5, 0.6) is 0 Å². The standard InChI is InChI=1S/C19H24N2O3S/c1-5-18(15-10-9-13(2)14(3)11-15)21-19(22)16-7-6-8-17(12-16)25(23,24)20-4/h6-12,18,20H,5H2,1-4H3,(H,21,22). The molecule has 0 bridgehead atoms. The van der Waals surface area contributed by atoms with Crippen molar-refractivity contribution in [3.63, 3.8) is 0 Å². The molecule has 6 heteroatoms. The molecular weight excluding hydrogens is 336 g/mol. The van der Waals surface area contributed by atoms with E-state index >= 15 is 0 Å². The van der Waals surface area contributed by atoms with Crippen molar-refractivity contribution >= 4 is 15.9 Å². The maximum Gasteiger partial charge on any atom is 0.251 e. The topological polar surface area (TPSA) is 75.3 Å². The van der Waals surface area contributed by atoms with Crippen molar-refractivity contribution in [2.24, 2.45) is 0 Å². The van der Waals surface area contributed by atoms with Crippen LogP contribution in [0.15, 0.2) is 47.4 Å². The van der Waals surface area contributed by atoms with E-state index in [-0.39, 0.29) is 16.8 Å². The Morgan fingerprint density at radius 2 is 1.80 bits per heavy atom. The summed E-state index contributed by atoms with van der Waals surface area (Å²) >= 11 is 0. The molecule has 0 fully saturated rings. The summed E-state index contributed by atoms with van der Waals surface area (Å²) in [5.74, 6) is -0.293. The Morgan fingerprint density at radius 1 is 1.08 bits per heavy atom. The van der Waals surface area contributed by atoms with E-state index in [9.17, 15) is 13.2 Å². The molecule has 0 aliphatic heterocycles. The number of hydrogen-bond donors (Lipinski definition) is 2. The summed E-state index contributed by atoms with van der Waals surface area (Å²) < 4.78 is 26.1. The lowest BCUT2D eigenvalue weighted by atomic mass is 9.99. The quantitative estimate of drug-likeness (QED) is 0.831. The van der Waals surface area contributed by atoms with Crippen LogP contribution < -0.4 is 10.0 Å². The van der Waals surface area contributed by atoms with Crippen molar-refractivity contribution in [3.8, 4) is 0 Å². The third-order valence-electron chi connectivity index (χ3n) is 4.32. The fourth-order valence-electron chi connectivity index (χ4n) is 2.57. The Kier molecular flexibility index (Phi) is 5.98. The highest BCUT2D eigenvalue weighted by Gasteiger charge is 2.17. The highest BCUT2D eigenvalue weighted by atomic mass is 32.2. The molecule has 134 valence electrons. The molecule has 0 spiro atoms. The summed E-state index contributed by atoms with van der Waals surface area (Å²) in [6.45, 7) is 6.09. The maximum absolute atomic E-state index is 12.6. The van der Waals surface area contributed by atoms with Crippen LogP contribution >= 0.6 is 0 Å². The van der Waals surface area contributed by atoms with Gasteiger partial charge in [0, 0.05) is 5.56 Å². The number of hydrogen-bond acceptors (Lipinski definition) is 3. The number of amides is 1. The highest BCUT2D eigenvalue weighted by Crippen LogP contribution is 2.21. The van der Waals surface area contributed by atoms with Crippen molar-refractivity contribution in [1.29, 1.82) is 0 Å². The third kappa shape index (κ3) is 4.46. The Balaban J connectivity index is 2.25. The third-order valence-corrected chi connectivity index (χ3v) is 5.73. The smallest absolute Gasteiger partial charge is 0.251 e. The van der Waals surface area contributed by atoms with Crippen molar-refractivity contribution in [1.82, 2.24) is 10.0 Å². The average molecular weight is 360 g/mol. The van der Waals surface area contributed by atoms with Gasteiger partial charge in [-0.25, -0.2) is 13.1 Å². The van der Waals surface area contributed by atoms with E-state index in [1.54, 1.807) is 12.1 Å². The molecular formula is C19H24N2O3S. The minimum Gasteiger partial charge on any atom is -0.345 e. The molecule has 0 heterocycles. The van der Waals surface area contributed by atoms with E-state index < -0.39 is 10.0 Å². The molecule has 0 saturated carbocycles. The summed E-state index contributed by atoms with van der Waals surface area (Å²) in [5.41, 5.74) is 3.73. The van der Waals surface area contributed by atoms with Crippen LogP contribution in [0.25, 0.3) is 0 Å². The molecule has 2 rings (SSSR count). The molecule has 25 heavy (non-hydrogen) atoms. The largest absolute Gasteiger partial charge is 0.345 e. The number of benzene rings is 2. The summed E-state index contributed by atoms with van der Waals surface area (Å²) in [6, 6.07) is 12.0. The van der Waals surface area contributed by atoms with Gasteiger partial charge in [0.2, 0.25) is 10.0 Å². The molecule has 2 aromatic rings. The second-order valence-electron chi connectivity index (χ2n) is 6.01. The van der Waals surface area contributed by atoms with Gasteiger partial charge >= 0.3 is 0 Å². The lowest BCUT2D eigenvalue weighted by Crippen LogP contribution is -2.28. The second-order valence-corrected chi connectivity index (χ2v) is 7.90. The van der Waals surface area contributed by atoms with Crippen LogP contribution in [-0.2, 0) is 10.0 Å². The molecule has 1 unspecified atom stereocenters. The zero-order chi connectivity index (χ0) is 18.6. The Morgan fingerprint density at radius 3 is 2.40 bits per heavy atom. The van der Waals surface area contributed by atoms with Gasteiger partial charge < -0.3 is 5.32 Å². The fourth-order valence-corrected chi connectivity index (χ4v) is 3.34.